The lowest BCUT2D eigenvalue weighted by Crippen LogP contribution is -2.41. The van der Waals surface area contributed by atoms with Crippen LogP contribution in [0, 0.1) is 12.8 Å². The molecule has 1 saturated heterocycles. The molecule has 5 nitrogen and oxygen atoms in total. The van der Waals surface area contributed by atoms with Gasteiger partial charge in [0.15, 0.2) is 0 Å². The summed E-state index contributed by atoms with van der Waals surface area (Å²) in [5, 5.41) is 2.80. The second-order valence-corrected chi connectivity index (χ2v) is 8.48. The Morgan fingerprint density at radius 1 is 1.36 bits per heavy atom. The molecule has 7 heteroatoms. The Balaban J connectivity index is 2.05. The standard InChI is InChI=1S/C15H21BrN2O3S/c1-11-3-4-15(14(16)9-11)22(20,21)18-7-5-13(6-8-18)10-17-12(2)19/h3-4,9,13H,5-8,10H2,1-2H3,(H,17,19). The van der Waals surface area contributed by atoms with Crippen LogP contribution in [0.5, 0.6) is 0 Å². The third-order valence-electron chi connectivity index (χ3n) is 3.92. The number of aryl methyl sites for hydroxylation is 1. The maximum Gasteiger partial charge on any atom is 0.244 e. The van der Waals surface area contributed by atoms with Crippen LogP contribution in [-0.4, -0.2) is 38.3 Å². The number of carbonyl (C=O) groups is 1. The van der Waals surface area contributed by atoms with E-state index in [0.717, 1.165) is 18.4 Å². The van der Waals surface area contributed by atoms with E-state index >= 15 is 0 Å². The van der Waals surface area contributed by atoms with Crippen LogP contribution in [0.4, 0.5) is 0 Å². The SMILES string of the molecule is CC(=O)NCC1CCN(S(=O)(=O)c2ccc(C)cc2Br)CC1. The van der Waals surface area contributed by atoms with Gasteiger partial charge in [0, 0.05) is 31.0 Å². The van der Waals surface area contributed by atoms with Crippen molar-refractivity contribution in [2.24, 2.45) is 5.92 Å². The van der Waals surface area contributed by atoms with Crippen LogP contribution in [0.25, 0.3) is 0 Å². The second-order valence-electron chi connectivity index (χ2n) is 5.72. The van der Waals surface area contributed by atoms with Gasteiger partial charge in [-0.2, -0.15) is 4.31 Å². The van der Waals surface area contributed by atoms with Gasteiger partial charge in [-0.15, -0.1) is 0 Å². The highest BCUT2D eigenvalue weighted by molar-refractivity contribution is 9.10. The van der Waals surface area contributed by atoms with E-state index in [2.05, 4.69) is 21.2 Å². The number of nitrogens with zero attached hydrogens (tertiary/aromatic N) is 1. The number of piperidine rings is 1. The molecule has 0 bridgehead atoms. The minimum Gasteiger partial charge on any atom is -0.356 e. The van der Waals surface area contributed by atoms with Crippen LogP contribution in [0.2, 0.25) is 0 Å². The van der Waals surface area contributed by atoms with Crippen LogP contribution < -0.4 is 5.32 Å². The van der Waals surface area contributed by atoms with E-state index in [0.29, 0.717) is 34.9 Å². The Morgan fingerprint density at radius 2 is 2.00 bits per heavy atom. The highest BCUT2D eigenvalue weighted by Gasteiger charge is 2.30. The maximum absolute atomic E-state index is 12.7. The lowest BCUT2D eigenvalue weighted by Gasteiger charge is -2.31. The number of benzene rings is 1. The molecule has 1 fully saturated rings. The van der Waals surface area contributed by atoms with E-state index in [1.54, 1.807) is 12.1 Å². The molecule has 1 aromatic carbocycles. The van der Waals surface area contributed by atoms with E-state index in [1.807, 2.05) is 13.0 Å². The van der Waals surface area contributed by atoms with Crippen molar-refractivity contribution in [2.45, 2.75) is 31.6 Å². The van der Waals surface area contributed by atoms with Gasteiger partial charge in [0.2, 0.25) is 15.9 Å². The van der Waals surface area contributed by atoms with Crippen LogP contribution in [0.1, 0.15) is 25.3 Å². The molecule has 0 saturated carbocycles. The Bertz CT molecular complexity index is 653. The summed E-state index contributed by atoms with van der Waals surface area (Å²) in [5.41, 5.74) is 1.01. The van der Waals surface area contributed by atoms with Gasteiger partial charge < -0.3 is 5.32 Å². The first-order valence-electron chi connectivity index (χ1n) is 7.31. The lowest BCUT2D eigenvalue weighted by atomic mass is 9.98. The predicted molar refractivity (Wildman–Crippen MR) is 89.0 cm³/mol. The van der Waals surface area contributed by atoms with Gasteiger partial charge in [0.25, 0.3) is 0 Å². The van der Waals surface area contributed by atoms with Gasteiger partial charge >= 0.3 is 0 Å². The molecule has 0 unspecified atom stereocenters. The van der Waals surface area contributed by atoms with E-state index in [1.165, 1.54) is 11.2 Å². The molecular formula is C15H21BrN2O3S. The van der Waals surface area contributed by atoms with Gasteiger partial charge in [0.1, 0.15) is 0 Å². The molecule has 2 rings (SSSR count). The molecule has 1 aromatic rings. The topological polar surface area (TPSA) is 66.5 Å². The first kappa shape index (κ1) is 17.4. The molecule has 1 aliphatic heterocycles. The fourth-order valence-electron chi connectivity index (χ4n) is 2.60. The van der Waals surface area contributed by atoms with Crippen molar-refractivity contribution >= 4 is 31.9 Å². The fraction of sp³-hybridized carbons (Fsp3) is 0.533. The van der Waals surface area contributed by atoms with Crippen molar-refractivity contribution < 1.29 is 13.2 Å². The van der Waals surface area contributed by atoms with Gasteiger partial charge in [0.05, 0.1) is 4.90 Å². The van der Waals surface area contributed by atoms with Crippen LogP contribution in [-0.2, 0) is 14.8 Å². The zero-order chi connectivity index (χ0) is 16.3. The van der Waals surface area contributed by atoms with Crippen LogP contribution in [0.3, 0.4) is 0 Å². The quantitative estimate of drug-likeness (QED) is 0.860. The first-order valence-corrected chi connectivity index (χ1v) is 9.54. The molecule has 0 spiro atoms. The number of hydrogen-bond donors (Lipinski definition) is 1. The minimum absolute atomic E-state index is 0.0429. The molecule has 1 heterocycles. The zero-order valence-corrected chi connectivity index (χ0v) is 15.2. The Morgan fingerprint density at radius 3 is 2.55 bits per heavy atom. The maximum atomic E-state index is 12.7. The molecule has 0 aromatic heterocycles. The summed E-state index contributed by atoms with van der Waals surface area (Å²) in [6, 6.07) is 5.27. The van der Waals surface area contributed by atoms with Gasteiger partial charge in [-0.25, -0.2) is 8.42 Å². The normalized spacial score (nSPS) is 17.4. The number of sulfonamides is 1. The summed E-state index contributed by atoms with van der Waals surface area (Å²) in [4.78, 5) is 11.3. The summed E-state index contributed by atoms with van der Waals surface area (Å²) >= 11 is 3.35. The third-order valence-corrected chi connectivity index (χ3v) is 6.79. The molecule has 0 aliphatic carbocycles. The predicted octanol–water partition coefficient (Wildman–Crippen LogP) is 2.29. The molecule has 1 aliphatic rings. The minimum atomic E-state index is -3.47. The number of amides is 1. The monoisotopic (exact) mass is 388 g/mol. The molecule has 0 radical (unpaired) electrons. The molecule has 122 valence electrons. The number of hydrogen-bond acceptors (Lipinski definition) is 3. The van der Waals surface area contributed by atoms with Crippen molar-refractivity contribution in [3.63, 3.8) is 0 Å². The van der Waals surface area contributed by atoms with E-state index in [4.69, 9.17) is 0 Å². The van der Waals surface area contributed by atoms with Crippen molar-refractivity contribution in [2.75, 3.05) is 19.6 Å². The molecular weight excluding hydrogens is 368 g/mol. The fourth-order valence-corrected chi connectivity index (χ4v) is 5.22. The smallest absolute Gasteiger partial charge is 0.244 e. The summed E-state index contributed by atoms with van der Waals surface area (Å²) in [7, 11) is -3.47. The average molecular weight is 389 g/mol. The van der Waals surface area contributed by atoms with E-state index in [9.17, 15) is 13.2 Å². The summed E-state index contributed by atoms with van der Waals surface area (Å²) < 4.78 is 27.6. The van der Waals surface area contributed by atoms with Crippen molar-refractivity contribution in [1.29, 1.82) is 0 Å². The number of nitrogens with one attached hydrogen (secondary N) is 1. The lowest BCUT2D eigenvalue weighted by molar-refractivity contribution is -0.119. The van der Waals surface area contributed by atoms with E-state index < -0.39 is 10.0 Å². The number of halogens is 1. The molecule has 1 N–H and O–H groups in total. The van der Waals surface area contributed by atoms with Gasteiger partial charge in [-0.05, 0) is 59.3 Å². The number of rotatable bonds is 4. The van der Waals surface area contributed by atoms with Crippen molar-refractivity contribution in [3.05, 3.63) is 28.2 Å². The van der Waals surface area contributed by atoms with Crippen LogP contribution in [0.15, 0.2) is 27.6 Å². The highest BCUT2D eigenvalue weighted by atomic mass is 79.9. The first-order chi connectivity index (χ1) is 10.3. The van der Waals surface area contributed by atoms with Crippen molar-refractivity contribution in [1.82, 2.24) is 9.62 Å². The Labute approximate surface area is 140 Å². The Hall–Kier alpha value is -0.920. The molecule has 22 heavy (non-hydrogen) atoms. The molecule has 1 amide bonds. The summed E-state index contributed by atoms with van der Waals surface area (Å²) in [5.74, 6) is 0.301. The van der Waals surface area contributed by atoms with Crippen LogP contribution >= 0.6 is 15.9 Å². The average Bonchev–Trinajstić information content (AvgIpc) is 2.45. The van der Waals surface area contributed by atoms with Gasteiger partial charge in [-0.1, -0.05) is 6.07 Å². The zero-order valence-electron chi connectivity index (χ0n) is 12.8. The largest absolute Gasteiger partial charge is 0.356 e. The second kappa shape index (κ2) is 7.10. The van der Waals surface area contributed by atoms with Gasteiger partial charge in [-0.3, -0.25) is 4.79 Å². The van der Waals surface area contributed by atoms with Crippen molar-refractivity contribution in [3.8, 4) is 0 Å². The molecule has 0 atom stereocenters. The number of carbonyl (C=O) groups excluding carboxylic acids is 1. The highest BCUT2D eigenvalue weighted by Crippen LogP contribution is 2.29. The summed E-state index contributed by atoms with van der Waals surface area (Å²) in [6.45, 7) is 5.03. The summed E-state index contributed by atoms with van der Waals surface area (Å²) in [6.07, 6.45) is 1.53. The Kier molecular flexibility index (Phi) is 5.63. The third kappa shape index (κ3) is 4.08. The van der Waals surface area contributed by atoms with E-state index in [-0.39, 0.29) is 5.91 Å².